The molecule has 4 rings (SSSR count). The van der Waals surface area contributed by atoms with Gasteiger partial charge in [0.05, 0.1) is 11.1 Å². The van der Waals surface area contributed by atoms with E-state index in [0.717, 1.165) is 11.1 Å². The number of phenolic OH excluding ortho intramolecular Hbond substituents is 1. The minimum Gasteiger partial charge on any atom is -0.508 e. The highest BCUT2D eigenvalue weighted by molar-refractivity contribution is 7.17. The molecule has 0 unspecified atom stereocenters. The number of thiophene rings is 1. The molecule has 0 aliphatic heterocycles. The van der Waals surface area contributed by atoms with E-state index in [2.05, 4.69) is 9.97 Å². The number of aromatic amines is 1. The third kappa shape index (κ3) is 3.58. The Labute approximate surface area is 157 Å². The van der Waals surface area contributed by atoms with Gasteiger partial charge in [-0.05, 0) is 46.8 Å². The minimum absolute atomic E-state index is 0.112. The van der Waals surface area contributed by atoms with E-state index in [1.54, 1.807) is 60.0 Å². The van der Waals surface area contributed by atoms with Crippen molar-refractivity contribution < 1.29 is 14.6 Å². The van der Waals surface area contributed by atoms with E-state index < -0.39 is 5.97 Å². The number of aromatic nitrogens is 2. The normalized spacial score (nSPS) is 10.8. The molecule has 2 aromatic carbocycles. The maximum absolute atomic E-state index is 12.2. The van der Waals surface area contributed by atoms with E-state index in [1.807, 2.05) is 0 Å². The van der Waals surface area contributed by atoms with Crippen molar-refractivity contribution in [2.24, 2.45) is 0 Å². The zero-order valence-electron chi connectivity index (χ0n) is 14.0. The molecule has 0 saturated carbocycles. The van der Waals surface area contributed by atoms with Gasteiger partial charge in [0.25, 0.3) is 5.56 Å². The number of carbonyl (C=O) groups is 1. The molecule has 2 heterocycles. The number of nitrogens with zero attached hydrogens (tertiary/aromatic N) is 1. The van der Waals surface area contributed by atoms with Gasteiger partial charge in [-0.2, -0.15) is 0 Å². The van der Waals surface area contributed by atoms with Crippen molar-refractivity contribution in [3.63, 3.8) is 0 Å². The monoisotopic (exact) mass is 378 g/mol. The van der Waals surface area contributed by atoms with Crippen LogP contribution in [0.4, 0.5) is 0 Å². The van der Waals surface area contributed by atoms with Crippen LogP contribution in [0, 0.1) is 0 Å². The predicted octanol–water partition coefficient (Wildman–Crippen LogP) is 3.71. The molecule has 0 saturated heterocycles. The lowest BCUT2D eigenvalue weighted by atomic mass is 10.0. The molecule has 0 spiro atoms. The van der Waals surface area contributed by atoms with Gasteiger partial charge in [-0.1, -0.05) is 24.3 Å². The van der Waals surface area contributed by atoms with E-state index in [9.17, 15) is 14.7 Å². The topological polar surface area (TPSA) is 92.3 Å². The molecule has 2 aromatic heterocycles. The second kappa shape index (κ2) is 7.05. The van der Waals surface area contributed by atoms with E-state index in [1.165, 1.54) is 11.3 Å². The van der Waals surface area contributed by atoms with Crippen molar-refractivity contribution in [2.45, 2.75) is 6.61 Å². The molecule has 134 valence electrons. The lowest BCUT2D eigenvalue weighted by molar-refractivity contribution is 0.0462. The summed E-state index contributed by atoms with van der Waals surface area (Å²) in [5, 5.41) is 11.1. The number of rotatable bonds is 4. The third-order valence-electron chi connectivity index (χ3n) is 4.03. The SMILES string of the molecule is O=C(OCc1nc2ccsc2c(=O)[nH]1)c1ccc(-c2ccc(O)cc2)cc1. The van der Waals surface area contributed by atoms with E-state index in [0.29, 0.717) is 21.6 Å². The highest BCUT2D eigenvalue weighted by atomic mass is 32.1. The molecule has 2 N–H and O–H groups in total. The van der Waals surface area contributed by atoms with Crippen LogP contribution in [0.15, 0.2) is 64.8 Å². The number of benzene rings is 2. The highest BCUT2D eigenvalue weighted by Crippen LogP contribution is 2.22. The summed E-state index contributed by atoms with van der Waals surface area (Å²) >= 11 is 1.32. The number of hydrogen-bond acceptors (Lipinski definition) is 6. The van der Waals surface area contributed by atoms with Crippen molar-refractivity contribution in [3.05, 3.63) is 81.7 Å². The smallest absolute Gasteiger partial charge is 0.338 e. The lowest BCUT2D eigenvalue weighted by Crippen LogP contribution is -2.13. The van der Waals surface area contributed by atoms with Crippen molar-refractivity contribution in [1.29, 1.82) is 0 Å². The van der Waals surface area contributed by atoms with Crippen LogP contribution in [0.2, 0.25) is 0 Å². The summed E-state index contributed by atoms with van der Waals surface area (Å²) in [4.78, 5) is 31.1. The van der Waals surface area contributed by atoms with Crippen LogP contribution in [0.5, 0.6) is 5.75 Å². The molecule has 6 nitrogen and oxygen atoms in total. The van der Waals surface area contributed by atoms with E-state index in [4.69, 9.17) is 4.74 Å². The lowest BCUT2D eigenvalue weighted by Gasteiger charge is -2.06. The van der Waals surface area contributed by atoms with Crippen LogP contribution in [-0.2, 0) is 11.3 Å². The molecule has 0 atom stereocenters. The first-order chi connectivity index (χ1) is 13.1. The van der Waals surface area contributed by atoms with Crippen LogP contribution in [0.3, 0.4) is 0 Å². The maximum Gasteiger partial charge on any atom is 0.338 e. The molecule has 0 amide bonds. The molecule has 7 heteroatoms. The molecule has 0 bridgehead atoms. The summed E-state index contributed by atoms with van der Waals surface area (Å²) in [7, 11) is 0. The average Bonchev–Trinajstić information content (AvgIpc) is 3.16. The second-order valence-corrected chi connectivity index (χ2v) is 6.76. The number of aromatic hydroxyl groups is 1. The van der Waals surface area contributed by atoms with Gasteiger partial charge in [-0.3, -0.25) is 4.79 Å². The molecule has 0 aliphatic rings. The molecule has 0 fully saturated rings. The summed E-state index contributed by atoms with van der Waals surface area (Å²) in [6.45, 7) is -0.112. The van der Waals surface area contributed by atoms with Gasteiger partial charge in [0.1, 0.15) is 22.9 Å². The van der Waals surface area contributed by atoms with E-state index >= 15 is 0 Å². The van der Waals surface area contributed by atoms with Gasteiger partial charge in [0.15, 0.2) is 0 Å². The number of hydrogen-bond donors (Lipinski definition) is 2. The van der Waals surface area contributed by atoms with Gasteiger partial charge in [0, 0.05) is 0 Å². The van der Waals surface area contributed by atoms with Crippen LogP contribution in [0.25, 0.3) is 21.3 Å². The van der Waals surface area contributed by atoms with Crippen LogP contribution in [-0.4, -0.2) is 21.0 Å². The first-order valence-electron chi connectivity index (χ1n) is 8.13. The Morgan fingerprint density at radius 1 is 1.04 bits per heavy atom. The van der Waals surface area contributed by atoms with Crippen molar-refractivity contribution in [3.8, 4) is 16.9 Å². The number of ether oxygens (including phenoxy) is 1. The second-order valence-electron chi connectivity index (χ2n) is 5.85. The van der Waals surface area contributed by atoms with Crippen LogP contribution < -0.4 is 5.56 Å². The predicted molar refractivity (Wildman–Crippen MR) is 103 cm³/mol. The fourth-order valence-electron chi connectivity index (χ4n) is 2.66. The Hall–Kier alpha value is -3.45. The van der Waals surface area contributed by atoms with Gasteiger partial charge >= 0.3 is 5.97 Å². The Balaban J connectivity index is 1.46. The standard InChI is InChI=1S/C20H14N2O4S/c23-15-7-5-13(6-8-15)12-1-3-14(4-2-12)20(25)26-11-17-21-16-9-10-27-18(16)19(24)22-17/h1-10,23H,11H2,(H,21,22,24). The Morgan fingerprint density at radius 3 is 2.41 bits per heavy atom. The number of esters is 1. The first kappa shape index (κ1) is 17.0. The zero-order valence-corrected chi connectivity index (χ0v) is 14.8. The Bertz CT molecular complexity index is 1160. The van der Waals surface area contributed by atoms with Crippen molar-refractivity contribution in [1.82, 2.24) is 9.97 Å². The van der Waals surface area contributed by atoms with Gasteiger partial charge in [-0.25, -0.2) is 9.78 Å². The van der Waals surface area contributed by atoms with Crippen molar-refractivity contribution >= 4 is 27.5 Å². The quantitative estimate of drug-likeness (QED) is 0.528. The molecule has 0 radical (unpaired) electrons. The van der Waals surface area contributed by atoms with Gasteiger partial charge in [0.2, 0.25) is 0 Å². The summed E-state index contributed by atoms with van der Waals surface area (Å²) in [5.74, 6) is 0.00604. The van der Waals surface area contributed by atoms with Gasteiger partial charge in [-0.15, -0.1) is 11.3 Å². The first-order valence-corrected chi connectivity index (χ1v) is 9.01. The number of phenols is 1. The highest BCUT2D eigenvalue weighted by Gasteiger charge is 2.10. The minimum atomic E-state index is -0.500. The number of H-pyrrole nitrogens is 1. The average molecular weight is 378 g/mol. The Morgan fingerprint density at radius 2 is 1.70 bits per heavy atom. The third-order valence-corrected chi connectivity index (χ3v) is 4.93. The van der Waals surface area contributed by atoms with Gasteiger partial charge < -0.3 is 14.8 Å². The fraction of sp³-hybridized carbons (Fsp3) is 0.0500. The van der Waals surface area contributed by atoms with Crippen LogP contribution in [0.1, 0.15) is 16.2 Å². The zero-order chi connectivity index (χ0) is 18.8. The molecule has 0 aliphatic carbocycles. The largest absolute Gasteiger partial charge is 0.508 e. The molecule has 27 heavy (non-hydrogen) atoms. The van der Waals surface area contributed by atoms with Crippen molar-refractivity contribution in [2.75, 3.05) is 0 Å². The van der Waals surface area contributed by atoms with E-state index in [-0.39, 0.29) is 17.9 Å². The Kier molecular flexibility index (Phi) is 4.43. The molecular weight excluding hydrogens is 364 g/mol. The number of nitrogens with one attached hydrogen (secondary N) is 1. The summed E-state index contributed by atoms with van der Waals surface area (Å²) < 4.78 is 5.81. The number of fused-ring (bicyclic) bond motifs is 1. The summed E-state index contributed by atoms with van der Waals surface area (Å²) in [6, 6.07) is 15.5. The molecule has 4 aromatic rings. The summed E-state index contributed by atoms with van der Waals surface area (Å²) in [6.07, 6.45) is 0. The molecular formula is C20H14N2O4S. The van der Waals surface area contributed by atoms with Crippen LogP contribution >= 0.6 is 11.3 Å². The maximum atomic E-state index is 12.2. The number of carbonyl (C=O) groups excluding carboxylic acids is 1. The summed E-state index contributed by atoms with van der Waals surface area (Å²) in [5.41, 5.74) is 2.60. The fourth-order valence-corrected chi connectivity index (χ4v) is 3.39.